The van der Waals surface area contributed by atoms with Crippen LogP contribution in [0.5, 0.6) is 5.75 Å². The van der Waals surface area contributed by atoms with E-state index >= 15 is 0 Å². The number of hydrogen-bond donors (Lipinski definition) is 0. The van der Waals surface area contributed by atoms with E-state index in [9.17, 15) is 13.2 Å². The van der Waals surface area contributed by atoms with Crippen LogP contribution < -0.4 is 9.64 Å². The minimum absolute atomic E-state index is 0.149. The topological polar surface area (TPSA) is 63.7 Å². The molecule has 148 valence electrons. The highest BCUT2D eigenvalue weighted by Gasteiger charge is 2.32. The molecule has 0 spiro atoms. The molecule has 3 rings (SSSR count). The van der Waals surface area contributed by atoms with E-state index in [-0.39, 0.29) is 11.7 Å². The van der Waals surface area contributed by atoms with Crippen LogP contribution in [-0.4, -0.2) is 32.7 Å². The monoisotopic (exact) mass is 419 g/mol. The van der Waals surface area contributed by atoms with Gasteiger partial charge in [-0.3, -0.25) is 4.79 Å². The van der Waals surface area contributed by atoms with Crippen LogP contribution in [0, 0.1) is 0 Å². The second-order valence-electron chi connectivity index (χ2n) is 6.61. The number of rotatable bonds is 7. The number of amides is 1. The average Bonchev–Trinajstić information content (AvgIpc) is 3.02. The Morgan fingerprint density at radius 3 is 2.57 bits per heavy atom. The molecule has 7 heteroatoms. The van der Waals surface area contributed by atoms with Crippen molar-refractivity contribution < 1.29 is 17.9 Å². The number of halogens is 1. The Kier molecular flexibility index (Phi) is 6.42. The van der Waals surface area contributed by atoms with Crippen molar-refractivity contribution in [1.82, 2.24) is 0 Å². The molecule has 5 nitrogen and oxygen atoms in total. The maximum atomic E-state index is 13.2. The third kappa shape index (κ3) is 4.94. The molecule has 1 heterocycles. The minimum atomic E-state index is -3.32. The third-order valence-corrected chi connectivity index (χ3v) is 6.03. The number of carbonyl (C=O) groups is 1. The molecule has 0 radical (unpaired) electrons. The Balaban J connectivity index is 1.87. The van der Waals surface area contributed by atoms with E-state index in [0.717, 1.165) is 18.2 Å². The van der Waals surface area contributed by atoms with Crippen molar-refractivity contribution in [3.8, 4) is 5.75 Å². The smallest absolute Gasteiger partial charge is 0.258 e. The van der Waals surface area contributed by atoms with Crippen LogP contribution in [0.4, 0.5) is 5.69 Å². The zero-order valence-electron chi connectivity index (χ0n) is 15.5. The van der Waals surface area contributed by atoms with Crippen LogP contribution in [0.25, 0.3) is 0 Å². The van der Waals surface area contributed by atoms with Crippen LogP contribution >= 0.6 is 11.6 Å². The summed E-state index contributed by atoms with van der Waals surface area (Å²) in [6.07, 6.45) is 3.55. The molecule has 0 aromatic heterocycles. The summed E-state index contributed by atoms with van der Waals surface area (Å²) in [6, 6.07) is 13.1. The van der Waals surface area contributed by atoms with E-state index < -0.39 is 15.9 Å². The Labute approximate surface area is 170 Å². The Hall–Kier alpha value is -2.31. The third-order valence-electron chi connectivity index (χ3n) is 4.42. The van der Waals surface area contributed by atoms with Gasteiger partial charge in [0.05, 0.1) is 18.4 Å². The molecular formula is C21H22ClNO4S. The van der Waals surface area contributed by atoms with E-state index in [2.05, 4.69) is 6.92 Å². The number of sulfone groups is 1. The molecule has 0 N–H and O–H groups in total. The number of carbonyl (C=O) groups excluding carboxylic acids is 1. The van der Waals surface area contributed by atoms with Gasteiger partial charge in [-0.2, -0.15) is 0 Å². The van der Waals surface area contributed by atoms with Gasteiger partial charge >= 0.3 is 0 Å². The van der Waals surface area contributed by atoms with Crippen molar-refractivity contribution >= 4 is 33.0 Å². The summed E-state index contributed by atoms with van der Waals surface area (Å²) in [6.45, 7) is 2.72. The minimum Gasteiger partial charge on any atom is -0.494 e. The lowest BCUT2D eigenvalue weighted by molar-refractivity contribution is 0.0983. The predicted molar refractivity (Wildman–Crippen MR) is 112 cm³/mol. The summed E-state index contributed by atoms with van der Waals surface area (Å²) < 4.78 is 29.4. The second kappa shape index (κ2) is 8.80. The summed E-state index contributed by atoms with van der Waals surface area (Å²) in [5, 5.41) is 1.63. The van der Waals surface area contributed by atoms with Gasteiger partial charge in [0, 0.05) is 21.7 Å². The van der Waals surface area contributed by atoms with E-state index in [0.29, 0.717) is 28.6 Å². The van der Waals surface area contributed by atoms with Crippen molar-refractivity contribution in [3.63, 3.8) is 0 Å². The van der Waals surface area contributed by atoms with Crippen molar-refractivity contribution in [3.05, 3.63) is 70.6 Å². The molecule has 1 aliphatic rings. The quantitative estimate of drug-likeness (QED) is 0.621. The molecule has 2 aromatic carbocycles. The molecule has 1 aliphatic heterocycles. The van der Waals surface area contributed by atoms with Gasteiger partial charge in [0.15, 0.2) is 9.84 Å². The van der Waals surface area contributed by atoms with Crippen LogP contribution in [0.1, 0.15) is 30.1 Å². The lowest BCUT2D eigenvalue weighted by atomic mass is 10.1. The first kappa shape index (κ1) is 20.4. The van der Waals surface area contributed by atoms with Crippen molar-refractivity contribution in [2.45, 2.75) is 25.8 Å². The van der Waals surface area contributed by atoms with Gasteiger partial charge in [-0.05, 0) is 55.0 Å². The second-order valence-corrected chi connectivity index (χ2v) is 8.97. The Morgan fingerprint density at radius 1 is 1.21 bits per heavy atom. The largest absolute Gasteiger partial charge is 0.494 e. The highest BCUT2D eigenvalue weighted by atomic mass is 35.5. The highest BCUT2D eigenvalue weighted by Crippen LogP contribution is 2.27. The van der Waals surface area contributed by atoms with Gasteiger partial charge in [-0.25, -0.2) is 8.42 Å². The number of benzene rings is 2. The highest BCUT2D eigenvalue weighted by molar-refractivity contribution is 7.94. The summed E-state index contributed by atoms with van der Waals surface area (Å²) in [4.78, 5) is 14.7. The molecular weight excluding hydrogens is 398 g/mol. The van der Waals surface area contributed by atoms with E-state index in [1.807, 2.05) is 0 Å². The number of nitrogens with zero attached hydrogens (tertiary/aromatic N) is 1. The van der Waals surface area contributed by atoms with Crippen molar-refractivity contribution in [2.24, 2.45) is 0 Å². The zero-order chi connectivity index (χ0) is 20.1. The maximum Gasteiger partial charge on any atom is 0.258 e. The molecule has 1 amide bonds. The van der Waals surface area contributed by atoms with Gasteiger partial charge in [0.1, 0.15) is 5.75 Å². The first-order valence-corrected chi connectivity index (χ1v) is 11.2. The van der Waals surface area contributed by atoms with Gasteiger partial charge in [-0.15, -0.1) is 0 Å². The molecule has 1 atom stereocenters. The molecule has 1 unspecified atom stereocenters. The van der Waals surface area contributed by atoms with Crippen molar-refractivity contribution in [1.29, 1.82) is 0 Å². The van der Waals surface area contributed by atoms with E-state index in [4.69, 9.17) is 16.3 Å². The molecule has 2 aromatic rings. The van der Waals surface area contributed by atoms with Crippen LogP contribution in [0.2, 0.25) is 5.02 Å². The number of unbranched alkanes of at least 4 members (excludes halogenated alkanes) is 1. The fraction of sp³-hybridized carbons (Fsp3) is 0.286. The Bertz CT molecular complexity index is 970. The molecule has 0 saturated carbocycles. The van der Waals surface area contributed by atoms with Gasteiger partial charge < -0.3 is 9.64 Å². The SMILES string of the molecule is CCCCOc1ccc(C(=O)N(c2cccc(Cl)c2)C2C=CS(=O)(=O)C2)cc1. The van der Waals surface area contributed by atoms with Crippen LogP contribution in [0.15, 0.2) is 60.0 Å². The number of anilines is 1. The first-order valence-electron chi connectivity index (χ1n) is 9.12. The summed E-state index contributed by atoms with van der Waals surface area (Å²) in [5.41, 5.74) is 0.994. The van der Waals surface area contributed by atoms with Crippen LogP contribution in [0.3, 0.4) is 0 Å². The van der Waals surface area contributed by atoms with E-state index in [1.165, 1.54) is 11.0 Å². The predicted octanol–water partition coefficient (Wildman–Crippen LogP) is 4.48. The summed E-state index contributed by atoms with van der Waals surface area (Å²) in [7, 11) is -3.32. The lowest BCUT2D eigenvalue weighted by Gasteiger charge is -2.28. The average molecular weight is 420 g/mol. The maximum absolute atomic E-state index is 13.2. The number of hydrogen-bond acceptors (Lipinski definition) is 4. The van der Waals surface area contributed by atoms with Gasteiger partial charge in [-0.1, -0.05) is 31.0 Å². The molecule has 28 heavy (non-hydrogen) atoms. The molecule has 0 fully saturated rings. The zero-order valence-corrected chi connectivity index (χ0v) is 17.1. The molecule has 0 bridgehead atoms. The first-order chi connectivity index (χ1) is 13.4. The molecule has 0 saturated heterocycles. The van der Waals surface area contributed by atoms with Crippen molar-refractivity contribution in [2.75, 3.05) is 17.3 Å². The summed E-state index contributed by atoms with van der Waals surface area (Å²) in [5.74, 6) is 0.250. The van der Waals surface area contributed by atoms with Crippen LogP contribution in [-0.2, 0) is 9.84 Å². The van der Waals surface area contributed by atoms with Gasteiger partial charge in [0.25, 0.3) is 5.91 Å². The van der Waals surface area contributed by atoms with E-state index in [1.54, 1.807) is 48.5 Å². The Morgan fingerprint density at radius 2 is 1.96 bits per heavy atom. The fourth-order valence-electron chi connectivity index (χ4n) is 2.97. The standard InChI is InChI=1S/C21H22ClNO4S/c1-2-3-12-27-20-9-7-16(8-10-20)21(24)23(18-6-4-5-17(22)14-18)19-11-13-28(25,26)15-19/h4-11,13-14,19H,2-3,12,15H2,1H3. The number of ether oxygens (including phenoxy) is 1. The van der Waals surface area contributed by atoms with Gasteiger partial charge in [0.2, 0.25) is 0 Å². The normalized spacial score (nSPS) is 17.4. The molecule has 0 aliphatic carbocycles. The fourth-order valence-corrected chi connectivity index (χ4v) is 4.43. The summed E-state index contributed by atoms with van der Waals surface area (Å²) >= 11 is 6.09. The lowest BCUT2D eigenvalue weighted by Crippen LogP contribution is -2.41.